The van der Waals surface area contributed by atoms with Gasteiger partial charge in [0.2, 0.25) is 0 Å². The van der Waals surface area contributed by atoms with Crippen molar-refractivity contribution >= 4 is 26.8 Å². The third-order valence-corrected chi connectivity index (χ3v) is 4.30. The number of aromatic nitrogens is 2. The van der Waals surface area contributed by atoms with Crippen molar-refractivity contribution in [2.45, 2.75) is 17.7 Å². The van der Waals surface area contributed by atoms with Crippen LogP contribution in [0.2, 0.25) is 0 Å². The van der Waals surface area contributed by atoms with Gasteiger partial charge >= 0.3 is 12.4 Å². The van der Waals surface area contributed by atoms with Gasteiger partial charge in [0, 0.05) is 0 Å². The van der Waals surface area contributed by atoms with Crippen LogP contribution < -0.4 is 5.56 Å². The van der Waals surface area contributed by atoms with Gasteiger partial charge in [-0.3, -0.25) is 9.36 Å². The Kier molecular flexibility index (Phi) is 4.79. The van der Waals surface area contributed by atoms with Crippen molar-refractivity contribution in [1.29, 1.82) is 0 Å². The minimum absolute atomic E-state index is 0.0107. The lowest BCUT2D eigenvalue weighted by molar-refractivity contribution is -0.143. The Labute approximate surface area is 156 Å². The van der Waals surface area contributed by atoms with Crippen LogP contribution >= 0.6 is 15.9 Å². The van der Waals surface area contributed by atoms with E-state index in [0.29, 0.717) is 12.1 Å². The highest BCUT2D eigenvalue weighted by Crippen LogP contribution is 2.37. The van der Waals surface area contributed by atoms with E-state index in [4.69, 9.17) is 0 Å². The molecule has 10 heteroatoms. The van der Waals surface area contributed by atoms with E-state index in [1.54, 1.807) is 6.07 Å². The molecule has 0 aliphatic carbocycles. The van der Waals surface area contributed by atoms with Crippen molar-refractivity contribution in [2.24, 2.45) is 0 Å². The minimum Gasteiger partial charge on any atom is -0.268 e. The van der Waals surface area contributed by atoms with E-state index < -0.39 is 34.7 Å². The fourth-order valence-electron chi connectivity index (χ4n) is 2.60. The molecule has 0 radical (unpaired) electrons. The summed E-state index contributed by atoms with van der Waals surface area (Å²) in [5.41, 5.74) is -4.05. The van der Waals surface area contributed by atoms with Crippen LogP contribution in [0, 0.1) is 0 Å². The molecule has 0 N–H and O–H groups in total. The lowest BCUT2D eigenvalue weighted by atomic mass is 10.1. The summed E-state index contributed by atoms with van der Waals surface area (Å²) in [4.78, 5) is 16.9. The number of alkyl halides is 7. The number of benzene rings is 2. The average molecular weight is 451 g/mol. The number of nitrogens with zero attached hydrogens (tertiary/aromatic N) is 2. The Morgan fingerprint density at radius 3 is 2.00 bits per heavy atom. The highest BCUT2D eigenvalue weighted by atomic mass is 79.9. The van der Waals surface area contributed by atoms with Crippen LogP contribution in [-0.2, 0) is 17.7 Å². The number of halogens is 7. The number of hydrogen-bond donors (Lipinski definition) is 0. The Balaban J connectivity index is 2.40. The average Bonchev–Trinajstić information content (AvgIpc) is 2.59. The van der Waals surface area contributed by atoms with Crippen LogP contribution in [0.1, 0.15) is 17.0 Å². The number of fused-ring (bicyclic) bond motifs is 1. The highest BCUT2D eigenvalue weighted by molar-refractivity contribution is 9.08. The molecule has 0 atom stereocenters. The van der Waals surface area contributed by atoms with Crippen molar-refractivity contribution in [3.05, 3.63) is 69.8 Å². The predicted molar refractivity (Wildman–Crippen MR) is 90.0 cm³/mol. The Hall–Kier alpha value is -2.36. The molecule has 142 valence electrons. The fourth-order valence-corrected chi connectivity index (χ4v) is 2.98. The molecule has 0 spiro atoms. The van der Waals surface area contributed by atoms with E-state index >= 15 is 0 Å². The molecule has 2 aromatic carbocycles. The predicted octanol–water partition coefficient (Wildman–Crippen LogP) is 5.32. The second-order valence-electron chi connectivity index (χ2n) is 5.58. The molecule has 0 unspecified atom stereocenters. The van der Waals surface area contributed by atoms with Gasteiger partial charge in [0.15, 0.2) is 0 Å². The second kappa shape index (κ2) is 6.66. The molecule has 3 nitrogen and oxygen atoms in total. The van der Waals surface area contributed by atoms with Gasteiger partial charge in [0.05, 0.1) is 33.0 Å². The molecule has 27 heavy (non-hydrogen) atoms. The van der Waals surface area contributed by atoms with Gasteiger partial charge in [0.1, 0.15) is 5.82 Å². The summed E-state index contributed by atoms with van der Waals surface area (Å²) >= 11 is 3.07. The SMILES string of the molecule is O=c1c2ccccc2nc(CBr)n1-c1cc(C(F)(F)F)cc(C(F)(F)F)c1. The maximum Gasteiger partial charge on any atom is 0.416 e. The van der Waals surface area contributed by atoms with Crippen LogP contribution in [0.3, 0.4) is 0 Å². The van der Waals surface area contributed by atoms with E-state index in [1.807, 2.05) is 0 Å². The lowest BCUT2D eigenvalue weighted by Gasteiger charge is -2.17. The Morgan fingerprint density at radius 1 is 0.926 bits per heavy atom. The van der Waals surface area contributed by atoms with Gasteiger partial charge in [-0.2, -0.15) is 26.3 Å². The monoisotopic (exact) mass is 450 g/mol. The third-order valence-electron chi connectivity index (χ3n) is 3.80. The topological polar surface area (TPSA) is 34.9 Å². The molecule has 0 fully saturated rings. The summed E-state index contributed by atoms with van der Waals surface area (Å²) in [5, 5.41) is 0.0261. The quantitative estimate of drug-likeness (QED) is 0.391. The summed E-state index contributed by atoms with van der Waals surface area (Å²) in [6, 6.07) is 7.08. The van der Waals surface area contributed by atoms with Gasteiger partial charge in [-0.25, -0.2) is 4.98 Å². The molecule has 0 saturated heterocycles. The standard InChI is InChI=1S/C17H9BrF6N2O/c18-8-14-25-13-4-2-1-3-12(13)15(27)26(14)11-6-9(16(19,20)21)5-10(7-11)17(22,23)24/h1-7H,8H2. The smallest absolute Gasteiger partial charge is 0.268 e. The molecule has 0 bridgehead atoms. The molecule has 0 aliphatic heterocycles. The van der Waals surface area contributed by atoms with Crippen molar-refractivity contribution in [1.82, 2.24) is 9.55 Å². The van der Waals surface area contributed by atoms with Crippen LogP contribution in [-0.4, -0.2) is 9.55 Å². The summed E-state index contributed by atoms with van der Waals surface area (Å²) in [5.74, 6) is -0.0221. The van der Waals surface area contributed by atoms with Crippen LogP contribution in [0.15, 0.2) is 47.3 Å². The van der Waals surface area contributed by atoms with Gasteiger partial charge < -0.3 is 0 Å². The summed E-state index contributed by atoms with van der Waals surface area (Å²) in [6.45, 7) is 0. The van der Waals surface area contributed by atoms with E-state index in [-0.39, 0.29) is 28.1 Å². The van der Waals surface area contributed by atoms with Crippen molar-refractivity contribution in [2.75, 3.05) is 0 Å². The second-order valence-corrected chi connectivity index (χ2v) is 6.14. The zero-order chi connectivity index (χ0) is 20.0. The molecule has 0 saturated carbocycles. The van der Waals surface area contributed by atoms with E-state index in [0.717, 1.165) is 4.57 Å². The first-order valence-electron chi connectivity index (χ1n) is 7.39. The van der Waals surface area contributed by atoms with E-state index in [2.05, 4.69) is 20.9 Å². The van der Waals surface area contributed by atoms with Crippen LogP contribution in [0.5, 0.6) is 0 Å². The van der Waals surface area contributed by atoms with E-state index in [9.17, 15) is 31.1 Å². The van der Waals surface area contributed by atoms with E-state index in [1.165, 1.54) is 18.2 Å². The maximum absolute atomic E-state index is 13.1. The van der Waals surface area contributed by atoms with Crippen LogP contribution in [0.25, 0.3) is 16.6 Å². The minimum atomic E-state index is -5.02. The maximum atomic E-state index is 13.1. The van der Waals surface area contributed by atoms with Gasteiger partial charge in [0.25, 0.3) is 5.56 Å². The first kappa shape index (κ1) is 19.4. The largest absolute Gasteiger partial charge is 0.416 e. The molecule has 1 aromatic heterocycles. The van der Waals surface area contributed by atoms with Crippen LogP contribution in [0.4, 0.5) is 26.3 Å². The normalized spacial score (nSPS) is 12.6. The molecule has 0 amide bonds. The van der Waals surface area contributed by atoms with Crippen molar-refractivity contribution in [3.63, 3.8) is 0 Å². The third kappa shape index (κ3) is 3.71. The molecule has 3 rings (SSSR count). The molecular weight excluding hydrogens is 442 g/mol. The van der Waals surface area contributed by atoms with Gasteiger partial charge in [-0.15, -0.1) is 0 Å². The number of rotatable bonds is 2. The Bertz CT molecular complexity index is 1040. The van der Waals surface area contributed by atoms with Gasteiger partial charge in [-0.1, -0.05) is 28.1 Å². The van der Waals surface area contributed by atoms with Crippen molar-refractivity contribution < 1.29 is 26.3 Å². The fraction of sp³-hybridized carbons (Fsp3) is 0.176. The number of para-hydroxylation sites is 1. The molecule has 0 aliphatic rings. The number of hydrogen-bond acceptors (Lipinski definition) is 2. The molecular formula is C17H9BrF6N2O. The van der Waals surface area contributed by atoms with Gasteiger partial charge in [-0.05, 0) is 30.3 Å². The molecule has 3 aromatic rings. The first-order valence-corrected chi connectivity index (χ1v) is 8.51. The molecule has 1 heterocycles. The highest BCUT2D eigenvalue weighted by Gasteiger charge is 2.37. The first-order chi connectivity index (χ1) is 12.5. The summed E-state index contributed by atoms with van der Waals surface area (Å²) < 4.78 is 79.4. The summed E-state index contributed by atoms with van der Waals surface area (Å²) in [7, 11) is 0. The zero-order valence-electron chi connectivity index (χ0n) is 13.2. The zero-order valence-corrected chi connectivity index (χ0v) is 14.8. The Morgan fingerprint density at radius 2 is 1.48 bits per heavy atom. The lowest BCUT2D eigenvalue weighted by Crippen LogP contribution is -2.24. The summed E-state index contributed by atoms with van der Waals surface area (Å²) in [6.07, 6.45) is -10.0. The van der Waals surface area contributed by atoms with Crippen molar-refractivity contribution in [3.8, 4) is 5.69 Å².